The molecule has 11 heteroatoms. The molecule has 2 N–H and O–H groups in total. The molecule has 1 aromatic rings. The van der Waals surface area contributed by atoms with Crippen LogP contribution in [0.2, 0.25) is 0 Å². The van der Waals surface area contributed by atoms with Crippen molar-refractivity contribution in [1.29, 1.82) is 0 Å². The predicted octanol–water partition coefficient (Wildman–Crippen LogP) is 1.01. The van der Waals surface area contributed by atoms with Crippen molar-refractivity contribution < 1.29 is 27.6 Å². The molecule has 0 unspecified atom stereocenters. The van der Waals surface area contributed by atoms with Gasteiger partial charge in [-0.1, -0.05) is 11.4 Å². The number of nitrogens with one attached hydrogen (secondary N) is 2. The molecule has 1 aromatic carbocycles. The Morgan fingerprint density at radius 2 is 1.83 bits per heavy atom. The van der Waals surface area contributed by atoms with Crippen molar-refractivity contribution >= 4 is 27.9 Å². The lowest BCUT2D eigenvalue weighted by Gasteiger charge is -2.33. The van der Waals surface area contributed by atoms with Gasteiger partial charge in [-0.3, -0.25) is 19.9 Å². The molecule has 4 amide bonds. The van der Waals surface area contributed by atoms with Crippen molar-refractivity contribution in [3.05, 3.63) is 29.8 Å². The lowest BCUT2D eigenvalue weighted by Crippen LogP contribution is -2.51. The van der Waals surface area contributed by atoms with Gasteiger partial charge >= 0.3 is 6.03 Å². The van der Waals surface area contributed by atoms with Gasteiger partial charge in [-0.15, -0.1) is 0 Å². The van der Waals surface area contributed by atoms with E-state index in [9.17, 15) is 22.8 Å². The number of urea groups is 1. The van der Waals surface area contributed by atoms with Crippen molar-refractivity contribution in [2.75, 3.05) is 14.2 Å². The molecular weight excluding hydrogens is 400 g/mol. The summed E-state index contributed by atoms with van der Waals surface area (Å²) >= 11 is 0. The molecule has 0 radical (unpaired) electrons. The maximum absolute atomic E-state index is 12.8. The monoisotopic (exact) mass is 424 g/mol. The molecule has 1 aliphatic heterocycles. The third-order valence-electron chi connectivity index (χ3n) is 5.51. The molecule has 3 rings (SSSR count). The Morgan fingerprint density at radius 3 is 2.38 bits per heavy atom. The lowest BCUT2D eigenvalue weighted by molar-refractivity contribution is -0.134. The van der Waals surface area contributed by atoms with Gasteiger partial charge in [0.05, 0.1) is 12.0 Å². The second kappa shape index (κ2) is 7.73. The van der Waals surface area contributed by atoms with Crippen molar-refractivity contribution in [2.24, 2.45) is 5.92 Å². The zero-order valence-corrected chi connectivity index (χ0v) is 17.3. The van der Waals surface area contributed by atoms with Crippen LogP contribution in [0, 0.1) is 5.92 Å². The fraction of sp³-hybridized carbons (Fsp3) is 0.500. The fourth-order valence-electron chi connectivity index (χ4n) is 3.51. The van der Waals surface area contributed by atoms with Gasteiger partial charge in [0.15, 0.2) is 0 Å². The molecule has 0 aromatic heterocycles. The molecule has 158 valence electrons. The number of carbonyl (C=O) groups is 3. The van der Waals surface area contributed by atoms with Crippen LogP contribution < -0.4 is 10.7 Å². The fourth-order valence-corrected chi connectivity index (χ4v) is 4.48. The smallest absolute Gasteiger partial charge is 0.322 e. The van der Waals surface area contributed by atoms with Crippen LogP contribution in [0.3, 0.4) is 0 Å². The van der Waals surface area contributed by atoms with Crippen LogP contribution in [0.25, 0.3) is 0 Å². The highest BCUT2D eigenvalue weighted by molar-refractivity contribution is 7.89. The summed E-state index contributed by atoms with van der Waals surface area (Å²) in [6, 6.07) is 4.41. The molecule has 1 saturated carbocycles. The second-order valence-electron chi connectivity index (χ2n) is 7.40. The van der Waals surface area contributed by atoms with E-state index < -0.39 is 33.4 Å². The Morgan fingerprint density at radius 1 is 1.24 bits per heavy atom. The van der Waals surface area contributed by atoms with E-state index in [0.29, 0.717) is 28.2 Å². The topological polar surface area (TPSA) is 125 Å². The van der Waals surface area contributed by atoms with Crippen LogP contribution >= 0.6 is 0 Å². The predicted molar refractivity (Wildman–Crippen MR) is 102 cm³/mol. The summed E-state index contributed by atoms with van der Waals surface area (Å²) < 4.78 is 25.1. The van der Waals surface area contributed by atoms with Crippen molar-refractivity contribution in [2.45, 2.75) is 43.0 Å². The molecule has 1 spiro atoms. The SMILES string of the molecule is CON(C)S(=O)(=O)c1ccc(C(=O)NN2C(=O)NC3(CCC(C)CC3)C2=O)cc1. The van der Waals surface area contributed by atoms with Crippen LogP contribution in [0.1, 0.15) is 43.0 Å². The Bertz CT molecular complexity index is 922. The van der Waals surface area contributed by atoms with E-state index in [1.807, 2.05) is 0 Å². The molecule has 2 fully saturated rings. The normalized spacial score (nSPS) is 24.8. The van der Waals surface area contributed by atoms with Gasteiger partial charge in [0, 0.05) is 12.6 Å². The average molecular weight is 424 g/mol. The molecular formula is C18H24N4O6S. The first-order chi connectivity index (χ1) is 13.6. The van der Waals surface area contributed by atoms with Gasteiger partial charge in [0.25, 0.3) is 21.8 Å². The number of carbonyl (C=O) groups excluding carboxylic acids is 3. The summed E-state index contributed by atoms with van der Waals surface area (Å²) in [6.07, 6.45) is 2.70. The minimum atomic E-state index is -3.84. The molecule has 1 heterocycles. The van der Waals surface area contributed by atoms with Gasteiger partial charge < -0.3 is 5.32 Å². The van der Waals surface area contributed by atoms with Gasteiger partial charge in [0.2, 0.25) is 0 Å². The van der Waals surface area contributed by atoms with Crippen molar-refractivity contribution in [3.63, 3.8) is 0 Å². The molecule has 0 atom stereocenters. The molecule has 1 aliphatic carbocycles. The van der Waals surface area contributed by atoms with Crippen molar-refractivity contribution in [1.82, 2.24) is 20.2 Å². The van der Waals surface area contributed by atoms with Gasteiger partial charge in [-0.2, -0.15) is 5.01 Å². The summed E-state index contributed by atoms with van der Waals surface area (Å²) in [7, 11) is -1.38. The standard InChI is InChI=1S/C18H24N4O6S/c1-12-8-10-18(11-9-12)16(24)22(17(25)19-18)20-15(23)13-4-6-14(7-5-13)29(26,27)21(2)28-3/h4-7,12H,8-11H2,1-3H3,(H,19,25)(H,20,23). The number of amides is 4. The summed E-state index contributed by atoms with van der Waals surface area (Å²) in [5.74, 6) is -0.677. The maximum Gasteiger partial charge on any atom is 0.344 e. The number of hydrogen-bond acceptors (Lipinski definition) is 6. The van der Waals surface area contributed by atoms with Crippen LogP contribution in [0.5, 0.6) is 0 Å². The van der Waals surface area contributed by atoms with E-state index in [0.717, 1.165) is 12.8 Å². The molecule has 10 nitrogen and oxygen atoms in total. The Kier molecular flexibility index (Phi) is 5.65. The third-order valence-corrected chi connectivity index (χ3v) is 7.21. The number of imide groups is 1. The zero-order chi connectivity index (χ0) is 21.4. The van der Waals surface area contributed by atoms with E-state index in [1.54, 1.807) is 0 Å². The number of hydrazine groups is 1. The average Bonchev–Trinajstić information content (AvgIpc) is 2.93. The number of sulfonamides is 1. The van der Waals surface area contributed by atoms with E-state index >= 15 is 0 Å². The van der Waals surface area contributed by atoms with Gasteiger partial charge in [0.1, 0.15) is 5.54 Å². The van der Waals surface area contributed by atoms with Gasteiger partial charge in [-0.25, -0.2) is 13.2 Å². The molecule has 0 bridgehead atoms. The van der Waals surface area contributed by atoms with E-state index in [2.05, 4.69) is 17.7 Å². The Balaban J connectivity index is 1.72. The lowest BCUT2D eigenvalue weighted by atomic mass is 9.77. The van der Waals surface area contributed by atoms with Crippen LogP contribution in [0.15, 0.2) is 29.2 Å². The van der Waals surface area contributed by atoms with Crippen LogP contribution in [-0.4, -0.2) is 55.4 Å². The van der Waals surface area contributed by atoms with Gasteiger partial charge in [-0.05, 0) is 55.9 Å². The minimum absolute atomic E-state index is 0.0660. The molecule has 29 heavy (non-hydrogen) atoms. The maximum atomic E-state index is 12.8. The highest BCUT2D eigenvalue weighted by Gasteiger charge is 2.52. The van der Waals surface area contributed by atoms with E-state index in [1.165, 1.54) is 38.4 Å². The first-order valence-electron chi connectivity index (χ1n) is 9.21. The van der Waals surface area contributed by atoms with Crippen molar-refractivity contribution in [3.8, 4) is 0 Å². The van der Waals surface area contributed by atoms with Crippen LogP contribution in [0.4, 0.5) is 4.79 Å². The van der Waals surface area contributed by atoms with Crippen LogP contribution in [-0.2, 0) is 19.7 Å². The number of benzene rings is 1. The minimum Gasteiger partial charge on any atom is -0.322 e. The number of rotatable bonds is 5. The Labute approximate surface area is 169 Å². The number of nitrogens with zero attached hydrogens (tertiary/aromatic N) is 2. The first kappa shape index (κ1) is 21.2. The quantitative estimate of drug-likeness (QED) is 0.537. The van der Waals surface area contributed by atoms with E-state index in [-0.39, 0.29) is 10.5 Å². The molecule has 1 saturated heterocycles. The largest absolute Gasteiger partial charge is 0.344 e. The summed E-state index contributed by atoms with van der Waals surface area (Å²) in [6.45, 7) is 2.10. The number of hydroxylamine groups is 1. The zero-order valence-electron chi connectivity index (χ0n) is 16.5. The molecule has 2 aliphatic rings. The first-order valence-corrected chi connectivity index (χ1v) is 10.7. The number of hydrogen-bond donors (Lipinski definition) is 2. The Hall–Kier alpha value is -2.50. The summed E-state index contributed by atoms with van der Waals surface area (Å²) in [5.41, 5.74) is 1.46. The second-order valence-corrected chi connectivity index (χ2v) is 9.33. The summed E-state index contributed by atoms with van der Waals surface area (Å²) in [4.78, 5) is 42.2. The highest BCUT2D eigenvalue weighted by Crippen LogP contribution is 2.35. The van der Waals surface area contributed by atoms with E-state index in [4.69, 9.17) is 4.84 Å². The third kappa shape index (κ3) is 3.85. The summed E-state index contributed by atoms with van der Waals surface area (Å²) in [5, 5.41) is 3.43. The highest BCUT2D eigenvalue weighted by atomic mass is 32.2.